The standard InChI is InChI=1S/C22H28N4O3/c1-23-20(27)19-11-29-22(12-25(19)9-15-7-8-15)13-26(14-22)21(28)17-10-24(2)18-6-4-3-5-16(17)18/h3-6,10,15,19H,7-9,11-14H2,1-2H3,(H,23,27)/t19-/m0/s1. The van der Waals surface area contributed by atoms with Crippen LogP contribution in [0.3, 0.4) is 0 Å². The van der Waals surface area contributed by atoms with E-state index in [1.165, 1.54) is 12.8 Å². The van der Waals surface area contributed by atoms with Crippen LogP contribution in [0.25, 0.3) is 10.9 Å². The summed E-state index contributed by atoms with van der Waals surface area (Å²) in [5.74, 6) is 0.771. The highest BCUT2D eigenvalue weighted by molar-refractivity contribution is 6.07. The fourth-order valence-corrected chi connectivity index (χ4v) is 4.79. The number of nitrogens with one attached hydrogen (secondary N) is 1. The molecule has 1 N–H and O–H groups in total. The highest BCUT2D eigenvalue weighted by Crippen LogP contribution is 2.36. The Labute approximate surface area is 170 Å². The van der Waals surface area contributed by atoms with Crippen molar-refractivity contribution in [1.29, 1.82) is 0 Å². The molecule has 1 saturated carbocycles. The van der Waals surface area contributed by atoms with E-state index < -0.39 is 0 Å². The Hall–Kier alpha value is -2.38. The fourth-order valence-electron chi connectivity index (χ4n) is 4.79. The van der Waals surface area contributed by atoms with Gasteiger partial charge in [0.25, 0.3) is 5.91 Å². The summed E-state index contributed by atoms with van der Waals surface area (Å²) in [6.45, 7) is 3.21. The second kappa shape index (κ2) is 6.85. The second-order valence-electron chi connectivity index (χ2n) is 8.83. The summed E-state index contributed by atoms with van der Waals surface area (Å²) in [7, 11) is 3.64. The molecule has 7 heteroatoms. The summed E-state index contributed by atoms with van der Waals surface area (Å²) in [6, 6.07) is 7.76. The molecule has 3 heterocycles. The molecule has 0 bridgehead atoms. The lowest BCUT2D eigenvalue weighted by Gasteiger charge is -2.55. The minimum absolute atomic E-state index is 0.0171. The Bertz CT molecular complexity index is 958. The van der Waals surface area contributed by atoms with Crippen molar-refractivity contribution in [3.05, 3.63) is 36.0 Å². The monoisotopic (exact) mass is 396 g/mol. The van der Waals surface area contributed by atoms with Crippen LogP contribution in [0.5, 0.6) is 0 Å². The Morgan fingerprint density at radius 1 is 1.21 bits per heavy atom. The first-order valence-electron chi connectivity index (χ1n) is 10.4. The van der Waals surface area contributed by atoms with Gasteiger partial charge in [0.15, 0.2) is 0 Å². The van der Waals surface area contributed by atoms with Gasteiger partial charge in [-0.25, -0.2) is 0 Å². The number of amides is 2. The lowest BCUT2D eigenvalue weighted by Crippen LogP contribution is -2.73. The summed E-state index contributed by atoms with van der Waals surface area (Å²) >= 11 is 0. The number of aromatic nitrogens is 1. The molecule has 1 aromatic heterocycles. The smallest absolute Gasteiger partial charge is 0.256 e. The third-order valence-electron chi connectivity index (χ3n) is 6.59. The van der Waals surface area contributed by atoms with Crippen LogP contribution in [0.1, 0.15) is 23.2 Å². The molecule has 1 aromatic carbocycles. The van der Waals surface area contributed by atoms with E-state index in [1.807, 2.05) is 47.0 Å². The van der Waals surface area contributed by atoms with E-state index >= 15 is 0 Å². The number of rotatable bonds is 4. The number of likely N-dealkylation sites (N-methyl/N-ethyl adjacent to an activating group) is 1. The molecule has 29 heavy (non-hydrogen) atoms. The molecule has 2 amide bonds. The average molecular weight is 396 g/mol. The second-order valence-corrected chi connectivity index (χ2v) is 8.83. The maximum Gasteiger partial charge on any atom is 0.256 e. The van der Waals surface area contributed by atoms with Gasteiger partial charge in [-0.15, -0.1) is 0 Å². The molecule has 2 saturated heterocycles. The van der Waals surface area contributed by atoms with Gasteiger partial charge < -0.3 is 19.5 Å². The van der Waals surface area contributed by atoms with Crippen LogP contribution < -0.4 is 5.32 Å². The van der Waals surface area contributed by atoms with E-state index in [0.717, 1.165) is 23.0 Å². The van der Waals surface area contributed by atoms with Crippen LogP contribution in [0.15, 0.2) is 30.5 Å². The Kier molecular flexibility index (Phi) is 4.40. The van der Waals surface area contributed by atoms with Gasteiger partial charge in [0.2, 0.25) is 5.91 Å². The van der Waals surface area contributed by atoms with Gasteiger partial charge in [0.1, 0.15) is 11.6 Å². The first-order chi connectivity index (χ1) is 14.0. The zero-order chi connectivity index (χ0) is 20.2. The maximum absolute atomic E-state index is 13.1. The van der Waals surface area contributed by atoms with Crippen molar-refractivity contribution in [1.82, 2.24) is 19.7 Å². The van der Waals surface area contributed by atoms with Crippen molar-refractivity contribution < 1.29 is 14.3 Å². The summed E-state index contributed by atoms with van der Waals surface area (Å²) in [5.41, 5.74) is 1.45. The van der Waals surface area contributed by atoms with Crippen molar-refractivity contribution >= 4 is 22.7 Å². The normalized spacial score (nSPS) is 23.9. The molecule has 0 unspecified atom stereocenters. The molecule has 154 valence electrons. The SMILES string of the molecule is CNC(=O)[C@@H]1COC2(CN(C(=O)c3cn(C)c4ccccc34)C2)CN1CC1CC1. The van der Waals surface area contributed by atoms with E-state index in [1.54, 1.807) is 7.05 Å². The molecular formula is C22H28N4O3. The van der Waals surface area contributed by atoms with Gasteiger partial charge in [-0.1, -0.05) is 18.2 Å². The summed E-state index contributed by atoms with van der Waals surface area (Å²) < 4.78 is 8.18. The quantitative estimate of drug-likeness (QED) is 0.844. The van der Waals surface area contributed by atoms with Crippen LogP contribution >= 0.6 is 0 Å². The van der Waals surface area contributed by atoms with Crippen LogP contribution in [-0.4, -0.2) is 77.7 Å². The van der Waals surface area contributed by atoms with Crippen molar-refractivity contribution in [2.75, 3.05) is 39.8 Å². The minimum atomic E-state index is -0.348. The zero-order valence-corrected chi connectivity index (χ0v) is 17.1. The number of benzene rings is 1. The number of carbonyl (C=O) groups excluding carboxylic acids is 2. The van der Waals surface area contributed by atoms with Crippen molar-refractivity contribution in [2.24, 2.45) is 13.0 Å². The number of hydrogen-bond acceptors (Lipinski definition) is 4. The van der Waals surface area contributed by atoms with Crippen molar-refractivity contribution in [3.8, 4) is 0 Å². The predicted molar refractivity (Wildman–Crippen MR) is 110 cm³/mol. The third-order valence-corrected chi connectivity index (χ3v) is 6.59. The summed E-state index contributed by atoms with van der Waals surface area (Å²) in [5, 5.41) is 3.75. The number of fused-ring (bicyclic) bond motifs is 1. The van der Waals surface area contributed by atoms with E-state index in [-0.39, 0.29) is 23.5 Å². The molecule has 3 fully saturated rings. The van der Waals surface area contributed by atoms with Crippen LogP contribution in [0.2, 0.25) is 0 Å². The van der Waals surface area contributed by atoms with Crippen LogP contribution in [0, 0.1) is 5.92 Å². The third kappa shape index (κ3) is 3.22. The topological polar surface area (TPSA) is 66.8 Å². The van der Waals surface area contributed by atoms with Gasteiger partial charge in [-0.2, -0.15) is 0 Å². The Morgan fingerprint density at radius 3 is 2.69 bits per heavy atom. The lowest BCUT2D eigenvalue weighted by molar-refractivity contribution is -0.191. The first kappa shape index (κ1) is 18.6. The van der Waals surface area contributed by atoms with Crippen LogP contribution in [0.4, 0.5) is 0 Å². The van der Waals surface area contributed by atoms with Gasteiger partial charge in [0, 0.05) is 44.3 Å². The Balaban J connectivity index is 1.30. The van der Waals surface area contributed by atoms with E-state index in [4.69, 9.17) is 4.74 Å². The van der Waals surface area contributed by atoms with Gasteiger partial charge >= 0.3 is 0 Å². The maximum atomic E-state index is 13.1. The molecule has 1 spiro atoms. The molecule has 2 aliphatic heterocycles. The molecule has 1 atom stereocenters. The molecule has 5 rings (SSSR count). The molecule has 7 nitrogen and oxygen atoms in total. The lowest BCUT2D eigenvalue weighted by atomic mass is 9.89. The molecule has 3 aliphatic rings. The van der Waals surface area contributed by atoms with Crippen LogP contribution in [-0.2, 0) is 16.6 Å². The highest BCUT2D eigenvalue weighted by Gasteiger charge is 2.52. The number of morpholine rings is 1. The van der Waals surface area contributed by atoms with Crippen molar-refractivity contribution in [2.45, 2.75) is 24.5 Å². The number of likely N-dealkylation sites (tertiary alicyclic amines) is 1. The first-order valence-corrected chi connectivity index (χ1v) is 10.4. The van der Waals surface area contributed by atoms with Gasteiger partial charge in [-0.3, -0.25) is 14.5 Å². The van der Waals surface area contributed by atoms with Crippen molar-refractivity contribution in [3.63, 3.8) is 0 Å². The number of hydrogen-bond donors (Lipinski definition) is 1. The minimum Gasteiger partial charge on any atom is -0.368 e. The Morgan fingerprint density at radius 2 is 1.97 bits per heavy atom. The van der Waals surface area contributed by atoms with E-state index in [2.05, 4.69) is 10.2 Å². The number of nitrogens with zero attached hydrogens (tertiary/aromatic N) is 3. The number of carbonyl (C=O) groups is 2. The largest absolute Gasteiger partial charge is 0.368 e. The fraction of sp³-hybridized carbons (Fsp3) is 0.545. The highest BCUT2D eigenvalue weighted by atomic mass is 16.5. The van der Waals surface area contributed by atoms with E-state index in [0.29, 0.717) is 32.2 Å². The summed E-state index contributed by atoms with van der Waals surface area (Å²) in [4.78, 5) is 29.6. The number of para-hydroxylation sites is 1. The van der Waals surface area contributed by atoms with Gasteiger partial charge in [-0.05, 0) is 24.8 Å². The van der Waals surface area contributed by atoms with Gasteiger partial charge in [0.05, 0.1) is 25.3 Å². The zero-order valence-electron chi connectivity index (χ0n) is 17.1. The average Bonchev–Trinajstić information content (AvgIpc) is 3.46. The molecule has 1 aliphatic carbocycles. The van der Waals surface area contributed by atoms with E-state index in [9.17, 15) is 9.59 Å². The number of ether oxygens (including phenoxy) is 1. The summed E-state index contributed by atoms with van der Waals surface area (Å²) in [6.07, 6.45) is 4.41. The molecule has 0 radical (unpaired) electrons. The molecular weight excluding hydrogens is 368 g/mol. The number of aryl methyl sites for hydroxylation is 1. The predicted octanol–water partition coefficient (Wildman–Crippen LogP) is 1.23. The molecule has 2 aromatic rings.